The molecule has 0 fully saturated rings. The maximum Gasteiger partial charge on any atom is 0.252 e. The van der Waals surface area contributed by atoms with Crippen molar-refractivity contribution in [2.75, 3.05) is 20.6 Å². The molecule has 0 saturated carbocycles. The summed E-state index contributed by atoms with van der Waals surface area (Å²) in [5.41, 5.74) is 0.129. The SMILES string of the molecule is CN(C)C(CNC(=O)c1ccc(F)cc1Br)c1c(F)cccc1F. The lowest BCUT2D eigenvalue weighted by Gasteiger charge is -2.26. The van der Waals surface area contributed by atoms with Gasteiger partial charge in [0.25, 0.3) is 5.91 Å². The van der Waals surface area contributed by atoms with Gasteiger partial charge in [0.15, 0.2) is 0 Å². The molecule has 0 spiro atoms. The highest BCUT2D eigenvalue weighted by atomic mass is 79.9. The third-order valence-corrected chi connectivity index (χ3v) is 4.24. The lowest BCUT2D eigenvalue weighted by molar-refractivity contribution is 0.0940. The van der Waals surface area contributed by atoms with Gasteiger partial charge in [-0.2, -0.15) is 0 Å². The van der Waals surface area contributed by atoms with E-state index in [0.29, 0.717) is 4.47 Å². The van der Waals surface area contributed by atoms with Crippen LogP contribution in [0.5, 0.6) is 0 Å². The van der Waals surface area contributed by atoms with Gasteiger partial charge in [-0.3, -0.25) is 4.79 Å². The summed E-state index contributed by atoms with van der Waals surface area (Å²) in [6.07, 6.45) is 0. The van der Waals surface area contributed by atoms with Crippen LogP contribution in [0.25, 0.3) is 0 Å². The zero-order valence-corrected chi connectivity index (χ0v) is 14.7. The predicted octanol–water partition coefficient (Wildman–Crippen LogP) is 3.90. The average molecular weight is 401 g/mol. The molecule has 0 bridgehead atoms. The van der Waals surface area contributed by atoms with E-state index in [2.05, 4.69) is 21.2 Å². The molecule has 2 rings (SSSR count). The first-order valence-corrected chi connectivity index (χ1v) is 7.94. The number of halogens is 4. The molecule has 1 amide bonds. The standard InChI is InChI=1S/C17H16BrF3N2O/c1-23(2)15(16-13(20)4-3-5-14(16)21)9-22-17(24)11-7-6-10(19)8-12(11)18/h3-8,15H,9H2,1-2H3,(H,22,24). The van der Waals surface area contributed by atoms with Crippen molar-refractivity contribution in [3.05, 3.63) is 69.4 Å². The van der Waals surface area contributed by atoms with Crippen LogP contribution in [0.4, 0.5) is 13.2 Å². The summed E-state index contributed by atoms with van der Waals surface area (Å²) in [5.74, 6) is -2.29. The van der Waals surface area contributed by atoms with Crippen molar-refractivity contribution in [2.24, 2.45) is 0 Å². The molecular formula is C17H16BrF3N2O. The fourth-order valence-electron chi connectivity index (χ4n) is 2.33. The molecule has 3 nitrogen and oxygen atoms in total. The Balaban J connectivity index is 2.19. The van der Waals surface area contributed by atoms with E-state index in [0.717, 1.165) is 0 Å². The fraction of sp³-hybridized carbons (Fsp3) is 0.235. The number of carbonyl (C=O) groups excluding carboxylic acids is 1. The lowest BCUT2D eigenvalue weighted by Crippen LogP contribution is -2.35. The van der Waals surface area contributed by atoms with Crippen LogP contribution in [0.3, 0.4) is 0 Å². The Bertz CT molecular complexity index is 732. The second-order valence-electron chi connectivity index (χ2n) is 5.45. The van der Waals surface area contributed by atoms with Crippen LogP contribution in [0.15, 0.2) is 40.9 Å². The Labute approximate surface area is 146 Å². The Kier molecular flexibility index (Phi) is 6.01. The molecular weight excluding hydrogens is 385 g/mol. The van der Waals surface area contributed by atoms with Crippen molar-refractivity contribution < 1.29 is 18.0 Å². The Morgan fingerprint density at radius 2 is 1.79 bits per heavy atom. The van der Waals surface area contributed by atoms with E-state index in [1.165, 1.54) is 36.4 Å². The smallest absolute Gasteiger partial charge is 0.252 e. The van der Waals surface area contributed by atoms with Gasteiger partial charge >= 0.3 is 0 Å². The van der Waals surface area contributed by atoms with Crippen molar-refractivity contribution in [3.8, 4) is 0 Å². The van der Waals surface area contributed by atoms with E-state index in [1.54, 1.807) is 19.0 Å². The van der Waals surface area contributed by atoms with Gasteiger partial charge < -0.3 is 10.2 Å². The van der Waals surface area contributed by atoms with Crippen molar-refractivity contribution in [2.45, 2.75) is 6.04 Å². The van der Waals surface area contributed by atoms with E-state index in [9.17, 15) is 18.0 Å². The number of carbonyl (C=O) groups is 1. The molecule has 0 radical (unpaired) electrons. The van der Waals surface area contributed by atoms with Crippen LogP contribution in [0.1, 0.15) is 22.0 Å². The van der Waals surface area contributed by atoms with E-state index in [1.807, 2.05) is 0 Å². The highest BCUT2D eigenvalue weighted by Gasteiger charge is 2.23. The number of amides is 1. The molecule has 1 N–H and O–H groups in total. The number of hydrogen-bond donors (Lipinski definition) is 1. The Hall–Kier alpha value is -1.86. The van der Waals surface area contributed by atoms with Crippen LogP contribution < -0.4 is 5.32 Å². The van der Waals surface area contributed by atoms with Gasteiger partial charge in [0, 0.05) is 16.6 Å². The quantitative estimate of drug-likeness (QED) is 0.825. The molecule has 0 aliphatic rings. The third kappa shape index (κ3) is 4.15. The van der Waals surface area contributed by atoms with Crippen molar-refractivity contribution in [3.63, 3.8) is 0 Å². The highest BCUT2D eigenvalue weighted by molar-refractivity contribution is 9.10. The molecule has 1 atom stereocenters. The van der Waals surface area contributed by atoms with Crippen molar-refractivity contribution in [1.82, 2.24) is 10.2 Å². The molecule has 0 saturated heterocycles. The summed E-state index contributed by atoms with van der Waals surface area (Å²) in [7, 11) is 3.33. The minimum atomic E-state index is -0.686. The van der Waals surface area contributed by atoms with E-state index < -0.39 is 29.4 Å². The number of nitrogens with zero attached hydrogens (tertiary/aromatic N) is 1. The van der Waals surface area contributed by atoms with Gasteiger partial charge in [0.1, 0.15) is 17.5 Å². The summed E-state index contributed by atoms with van der Waals surface area (Å²) < 4.78 is 41.4. The van der Waals surface area contributed by atoms with Gasteiger partial charge in [0.2, 0.25) is 0 Å². The van der Waals surface area contributed by atoms with Crippen LogP contribution in [0.2, 0.25) is 0 Å². The summed E-state index contributed by atoms with van der Waals surface area (Å²) in [5, 5.41) is 2.63. The average Bonchev–Trinajstić information content (AvgIpc) is 2.49. The lowest BCUT2D eigenvalue weighted by atomic mass is 10.0. The minimum absolute atomic E-state index is 0.00645. The fourth-order valence-corrected chi connectivity index (χ4v) is 2.86. The molecule has 1 unspecified atom stereocenters. The molecule has 0 heterocycles. The molecule has 2 aromatic rings. The number of likely N-dealkylation sites (N-methyl/N-ethyl adjacent to an activating group) is 1. The zero-order valence-electron chi connectivity index (χ0n) is 13.1. The maximum atomic E-state index is 14.0. The number of rotatable bonds is 5. The molecule has 24 heavy (non-hydrogen) atoms. The van der Waals surface area contributed by atoms with Gasteiger partial charge in [0.05, 0.1) is 11.6 Å². The van der Waals surface area contributed by atoms with Gasteiger partial charge in [-0.15, -0.1) is 0 Å². The Morgan fingerprint density at radius 3 is 2.33 bits per heavy atom. The second-order valence-corrected chi connectivity index (χ2v) is 6.30. The van der Waals surface area contributed by atoms with Crippen LogP contribution in [-0.2, 0) is 0 Å². The summed E-state index contributed by atoms with van der Waals surface area (Å²) in [6.45, 7) is -0.00645. The van der Waals surface area contributed by atoms with Crippen LogP contribution >= 0.6 is 15.9 Å². The van der Waals surface area contributed by atoms with Crippen LogP contribution in [0, 0.1) is 17.5 Å². The molecule has 128 valence electrons. The summed E-state index contributed by atoms with van der Waals surface area (Å²) in [6, 6.07) is 6.63. The van der Waals surface area contributed by atoms with Crippen molar-refractivity contribution in [1.29, 1.82) is 0 Å². The summed E-state index contributed by atoms with van der Waals surface area (Å²) in [4.78, 5) is 13.8. The van der Waals surface area contributed by atoms with E-state index in [-0.39, 0.29) is 17.7 Å². The van der Waals surface area contributed by atoms with Gasteiger partial charge in [-0.05, 0) is 60.4 Å². The van der Waals surface area contributed by atoms with Gasteiger partial charge in [-0.1, -0.05) is 6.07 Å². The minimum Gasteiger partial charge on any atom is -0.350 e. The largest absolute Gasteiger partial charge is 0.350 e. The topological polar surface area (TPSA) is 32.3 Å². The van der Waals surface area contributed by atoms with Crippen molar-refractivity contribution >= 4 is 21.8 Å². The summed E-state index contributed by atoms with van der Waals surface area (Å²) >= 11 is 3.12. The normalized spacial score (nSPS) is 12.3. The van der Waals surface area contributed by atoms with Crippen LogP contribution in [-0.4, -0.2) is 31.4 Å². The number of benzene rings is 2. The molecule has 0 aromatic heterocycles. The molecule has 2 aromatic carbocycles. The first-order valence-electron chi connectivity index (χ1n) is 7.15. The first-order chi connectivity index (χ1) is 11.3. The zero-order chi connectivity index (χ0) is 17.9. The first kappa shape index (κ1) is 18.5. The number of hydrogen-bond acceptors (Lipinski definition) is 2. The Morgan fingerprint density at radius 1 is 1.17 bits per heavy atom. The third-order valence-electron chi connectivity index (χ3n) is 3.59. The molecule has 0 aliphatic heterocycles. The number of nitrogens with one attached hydrogen (secondary N) is 1. The predicted molar refractivity (Wildman–Crippen MR) is 89.2 cm³/mol. The van der Waals surface area contributed by atoms with E-state index >= 15 is 0 Å². The monoisotopic (exact) mass is 400 g/mol. The van der Waals surface area contributed by atoms with Gasteiger partial charge in [-0.25, -0.2) is 13.2 Å². The maximum absolute atomic E-state index is 14.0. The van der Waals surface area contributed by atoms with E-state index in [4.69, 9.17) is 0 Å². The molecule has 7 heteroatoms. The second kappa shape index (κ2) is 7.81. The highest BCUT2D eigenvalue weighted by Crippen LogP contribution is 2.24. The molecule has 0 aliphatic carbocycles.